The zero-order chi connectivity index (χ0) is 14.8. The second kappa shape index (κ2) is 5.60. The molecule has 21 heavy (non-hydrogen) atoms. The molecule has 0 bridgehead atoms. The number of carbonyl (C=O) groups is 1. The number of amides is 1. The van der Waals surface area contributed by atoms with Gasteiger partial charge in [-0.05, 0) is 31.4 Å². The molecule has 2 aliphatic rings. The Bertz CT molecular complexity index is 606. The molecule has 0 saturated carbocycles. The predicted molar refractivity (Wildman–Crippen MR) is 83.7 cm³/mol. The van der Waals surface area contributed by atoms with Gasteiger partial charge in [0.1, 0.15) is 5.57 Å². The number of carbonyl (C=O) groups excluding carboxylic acids is 1. The van der Waals surface area contributed by atoms with Crippen LogP contribution in [-0.2, 0) is 4.79 Å². The van der Waals surface area contributed by atoms with E-state index in [4.69, 9.17) is 5.73 Å². The van der Waals surface area contributed by atoms with Gasteiger partial charge < -0.3 is 10.6 Å². The minimum absolute atomic E-state index is 0.123. The monoisotopic (exact) mass is 284 g/mol. The van der Waals surface area contributed by atoms with Gasteiger partial charge in [0.2, 0.25) is 0 Å². The van der Waals surface area contributed by atoms with E-state index in [-0.39, 0.29) is 5.91 Å². The van der Waals surface area contributed by atoms with Crippen LogP contribution in [0, 0.1) is 0 Å². The second-order valence-electron chi connectivity index (χ2n) is 5.49. The van der Waals surface area contributed by atoms with E-state index in [0.29, 0.717) is 11.4 Å². The van der Waals surface area contributed by atoms with Gasteiger partial charge in [0.25, 0.3) is 5.91 Å². The minimum Gasteiger partial charge on any atom is -0.382 e. The largest absolute Gasteiger partial charge is 0.382 e. The molecule has 5 heteroatoms. The molecule has 0 unspecified atom stereocenters. The molecular weight excluding hydrogens is 264 g/mol. The van der Waals surface area contributed by atoms with Gasteiger partial charge in [-0.3, -0.25) is 4.79 Å². The summed E-state index contributed by atoms with van der Waals surface area (Å²) in [4.78, 5) is 14.9. The maximum absolute atomic E-state index is 12.7. The molecule has 110 valence electrons. The van der Waals surface area contributed by atoms with Crippen LogP contribution < -0.4 is 10.7 Å². The van der Waals surface area contributed by atoms with E-state index in [1.54, 1.807) is 0 Å². The van der Waals surface area contributed by atoms with Gasteiger partial charge in [0.15, 0.2) is 5.84 Å². The van der Waals surface area contributed by atoms with E-state index in [0.717, 1.165) is 37.2 Å². The minimum atomic E-state index is -0.123. The van der Waals surface area contributed by atoms with Gasteiger partial charge >= 0.3 is 0 Å². The van der Waals surface area contributed by atoms with Crippen LogP contribution in [0.15, 0.2) is 46.7 Å². The van der Waals surface area contributed by atoms with Crippen molar-refractivity contribution < 1.29 is 4.79 Å². The first-order valence-corrected chi connectivity index (χ1v) is 7.36. The third kappa shape index (κ3) is 2.51. The summed E-state index contributed by atoms with van der Waals surface area (Å²) in [5.74, 6) is 0.204. The molecule has 5 nitrogen and oxygen atoms in total. The summed E-state index contributed by atoms with van der Waals surface area (Å²) in [6.45, 7) is 0.963. The Kier molecular flexibility index (Phi) is 3.64. The van der Waals surface area contributed by atoms with Gasteiger partial charge in [-0.25, -0.2) is 0 Å². The third-order valence-electron chi connectivity index (χ3n) is 4.03. The number of amidine groups is 1. The van der Waals surface area contributed by atoms with Crippen LogP contribution in [-0.4, -0.2) is 30.2 Å². The van der Waals surface area contributed by atoms with E-state index in [9.17, 15) is 4.79 Å². The molecule has 2 aliphatic heterocycles. The Balaban J connectivity index is 1.98. The lowest BCUT2D eigenvalue weighted by molar-refractivity contribution is -0.114. The molecule has 3 rings (SSSR count). The highest BCUT2D eigenvalue weighted by molar-refractivity contribution is 6.29. The Labute approximate surface area is 124 Å². The SMILES string of the molecule is CN1CCCCC/C1=C1/C(=O)N(c2ccccc2)N=C1N. The van der Waals surface area contributed by atoms with Crippen LogP contribution in [0.25, 0.3) is 0 Å². The highest BCUT2D eigenvalue weighted by Crippen LogP contribution is 2.28. The summed E-state index contributed by atoms with van der Waals surface area (Å²) >= 11 is 0. The van der Waals surface area contributed by atoms with Gasteiger partial charge in [-0.15, -0.1) is 5.10 Å². The third-order valence-corrected chi connectivity index (χ3v) is 4.03. The first kappa shape index (κ1) is 13.7. The molecular formula is C16H20N4O. The average Bonchev–Trinajstić information content (AvgIpc) is 2.65. The number of hydrazone groups is 1. The first-order valence-electron chi connectivity index (χ1n) is 7.36. The van der Waals surface area contributed by atoms with E-state index < -0.39 is 0 Å². The highest BCUT2D eigenvalue weighted by atomic mass is 16.2. The molecule has 1 amide bonds. The van der Waals surface area contributed by atoms with Crippen LogP contribution in [0.3, 0.4) is 0 Å². The fraction of sp³-hybridized carbons (Fsp3) is 0.375. The summed E-state index contributed by atoms with van der Waals surface area (Å²) in [6.07, 6.45) is 4.32. The van der Waals surface area contributed by atoms with Gasteiger partial charge in [-0.2, -0.15) is 5.01 Å². The van der Waals surface area contributed by atoms with E-state index in [2.05, 4.69) is 10.0 Å². The summed E-state index contributed by atoms with van der Waals surface area (Å²) in [5, 5.41) is 5.65. The smallest absolute Gasteiger partial charge is 0.284 e. The molecule has 1 aromatic carbocycles. The van der Waals surface area contributed by atoms with Crippen molar-refractivity contribution in [1.82, 2.24) is 4.90 Å². The van der Waals surface area contributed by atoms with Crippen molar-refractivity contribution >= 4 is 17.4 Å². The fourth-order valence-corrected chi connectivity index (χ4v) is 2.89. The molecule has 1 fully saturated rings. The molecule has 2 heterocycles. The van der Waals surface area contributed by atoms with E-state index in [1.165, 1.54) is 11.4 Å². The maximum Gasteiger partial charge on any atom is 0.284 e. The summed E-state index contributed by atoms with van der Waals surface area (Å²) < 4.78 is 0. The number of likely N-dealkylation sites (tertiary alicyclic amines) is 1. The zero-order valence-corrected chi connectivity index (χ0v) is 12.2. The molecule has 0 aliphatic carbocycles. The van der Waals surface area contributed by atoms with Crippen LogP contribution in [0.5, 0.6) is 0 Å². The molecule has 1 saturated heterocycles. The predicted octanol–water partition coefficient (Wildman–Crippen LogP) is 2.07. The summed E-state index contributed by atoms with van der Waals surface area (Å²) in [6, 6.07) is 9.40. The van der Waals surface area contributed by atoms with Crippen LogP contribution in [0.1, 0.15) is 25.7 Å². The van der Waals surface area contributed by atoms with E-state index in [1.807, 2.05) is 37.4 Å². The lowest BCUT2D eigenvalue weighted by Gasteiger charge is -2.21. The van der Waals surface area contributed by atoms with Crippen molar-refractivity contribution in [1.29, 1.82) is 0 Å². The molecule has 0 spiro atoms. The number of para-hydroxylation sites is 1. The molecule has 2 N–H and O–H groups in total. The molecule has 0 radical (unpaired) electrons. The van der Waals surface area contributed by atoms with Crippen LogP contribution >= 0.6 is 0 Å². The van der Waals surface area contributed by atoms with Crippen LogP contribution in [0.2, 0.25) is 0 Å². The Morgan fingerprint density at radius 3 is 2.67 bits per heavy atom. The normalized spacial score (nSPS) is 23.3. The lowest BCUT2D eigenvalue weighted by atomic mass is 10.1. The van der Waals surface area contributed by atoms with Gasteiger partial charge in [0, 0.05) is 19.3 Å². The number of benzene rings is 1. The zero-order valence-electron chi connectivity index (χ0n) is 12.2. The van der Waals surface area contributed by atoms with Gasteiger partial charge in [0.05, 0.1) is 5.69 Å². The number of hydrogen-bond acceptors (Lipinski definition) is 4. The Morgan fingerprint density at radius 1 is 1.14 bits per heavy atom. The molecule has 0 aromatic heterocycles. The topological polar surface area (TPSA) is 61.9 Å². The standard InChI is InChI=1S/C16H20N4O/c1-19-11-7-3-6-10-13(19)14-15(17)18-20(16(14)21)12-8-4-2-5-9-12/h2,4-5,8-9H,3,6-7,10-11H2,1H3,(H2,17,18)/b14-13-. The number of hydrogen-bond donors (Lipinski definition) is 1. The van der Waals surface area contributed by atoms with Crippen molar-refractivity contribution in [3.63, 3.8) is 0 Å². The second-order valence-corrected chi connectivity index (χ2v) is 5.49. The molecule has 1 aromatic rings. The van der Waals surface area contributed by atoms with Crippen molar-refractivity contribution in [3.8, 4) is 0 Å². The summed E-state index contributed by atoms with van der Waals surface area (Å²) in [5.41, 5.74) is 8.39. The van der Waals surface area contributed by atoms with E-state index >= 15 is 0 Å². The first-order chi connectivity index (χ1) is 10.2. The average molecular weight is 284 g/mol. The van der Waals surface area contributed by atoms with Crippen molar-refractivity contribution in [2.24, 2.45) is 10.8 Å². The fourth-order valence-electron chi connectivity index (χ4n) is 2.89. The highest BCUT2D eigenvalue weighted by Gasteiger charge is 2.33. The number of allylic oxidation sites excluding steroid dienone is 1. The lowest BCUT2D eigenvalue weighted by Crippen LogP contribution is -2.28. The number of nitrogens with zero attached hydrogens (tertiary/aromatic N) is 3. The maximum atomic E-state index is 12.7. The van der Waals surface area contributed by atoms with Crippen molar-refractivity contribution in [2.75, 3.05) is 18.6 Å². The van der Waals surface area contributed by atoms with Crippen molar-refractivity contribution in [2.45, 2.75) is 25.7 Å². The quantitative estimate of drug-likeness (QED) is 0.803. The molecule has 0 atom stereocenters. The number of rotatable bonds is 1. The Hall–Kier alpha value is -2.30. The number of anilines is 1. The van der Waals surface area contributed by atoms with Gasteiger partial charge in [-0.1, -0.05) is 24.6 Å². The Morgan fingerprint density at radius 2 is 1.90 bits per heavy atom. The summed E-state index contributed by atoms with van der Waals surface area (Å²) in [7, 11) is 2.03. The van der Waals surface area contributed by atoms with Crippen molar-refractivity contribution in [3.05, 3.63) is 41.6 Å². The van der Waals surface area contributed by atoms with Crippen LogP contribution in [0.4, 0.5) is 5.69 Å². The number of nitrogens with two attached hydrogens (primary N) is 1.